The van der Waals surface area contributed by atoms with E-state index in [4.69, 9.17) is 4.74 Å². The summed E-state index contributed by atoms with van der Waals surface area (Å²) < 4.78 is 6.20. The second kappa shape index (κ2) is 13.7. The molecule has 0 N–H and O–H groups in total. The first-order valence-electron chi connectivity index (χ1n) is 13.4. The summed E-state index contributed by atoms with van der Waals surface area (Å²) in [4.78, 5) is 5.07. The molecule has 0 aromatic carbocycles. The Morgan fingerprint density at radius 2 is 1.69 bits per heavy atom. The molecule has 6 atom stereocenters. The van der Waals surface area contributed by atoms with E-state index < -0.39 is 0 Å². The fourth-order valence-corrected chi connectivity index (χ4v) is 6.13. The number of nitrogens with zero attached hydrogens (tertiary/aromatic N) is 2. The van der Waals surface area contributed by atoms with E-state index in [2.05, 4.69) is 85.4 Å². The lowest BCUT2D eigenvalue weighted by atomic mass is 9.84. The highest BCUT2D eigenvalue weighted by Gasteiger charge is 2.36. The van der Waals surface area contributed by atoms with Gasteiger partial charge in [0, 0.05) is 44.6 Å². The molecule has 188 valence electrons. The summed E-state index contributed by atoms with van der Waals surface area (Å²) in [6.07, 6.45) is 7.13. The van der Waals surface area contributed by atoms with Crippen LogP contribution in [0.3, 0.4) is 0 Å². The van der Waals surface area contributed by atoms with Crippen LogP contribution in [0.4, 0.5) is 0 Å². The van der Waals surface area contributed by atoms with E-state index in [1.807, 2.05) is 7.11 Å². The van der Waals surface area contributed by atoms with Gasteiger partial charge < -0.3 is 14.5 Å². The molecule has 0 bridgehead atoms. The van der Waals surface area contributed by atoms with Gasteiger partial charge in [-0.15, -0.1) is 0 Å². The number of hydrogen-bond donors (Lipinski definition) is 0. The predicted molar refractivity (Wildman–Crippen MR) is 142 cm³/mol. The number of ether oxygens (including phenoxy) is 1. The Balaban J connectivity index is 3.04. The minimum atomic E-state index is 0.117. The molecule has 1 saturated heterocycles. The second-order valence-electron chi connectivity index (χ2n) is 11.3. The van der Waals surface area contributed by atoms with Gasteiger partial charge >= 0.3 is 0 Å². The molecule has 0 spiro atoms. The van der Waals surface area contributed by atoms with Crippen LogP contribution in [0.15, 0.2) is 24.6 Å². The van der Waals surface area contributed by atoms with Crippen LogP contribution in [0.25, 0.3) is 0 Å². The van der Waals surface area contributed by atoms with Crippen LogP contribution in [0.2, 0.25) is 0 Å². The summed E-state index contributed by atoms with van der Waals surface area (Å²) >= 11 is 0. The number of likely N-dealkylation sites (N-methyl/N-ethyl adjacent to an activating group) is 1. The zero-order valence-corrected chi connectivity index (χ0v) is 23.3. The van der Waals surface area contributed by atoms with Crippen molar-refractivity contribution in [3.8, 4) is 0 Å². The molecule has 1 aliphatic rings. The van der Waals surface area contributed by atoms with Gasteiger partial charge in [0.1, 0.15) is 0 Å². The highest BCUT2D eigenvalue weighted by atomic mass is 16.5. The lowest BCUT2D eigenvalue weighted by Crippen LogP contribution is -2.48. The Morgan fingerprint density at radius 1 is 1.06 bits per heavy atom. The Kier molecular flexibility index (Phi) is 12.4. The number of likely N-dealkylation sites (tertiary alicyclic amines) is 1. The maximum Gasteiger partial charge on any atom is 0.0830 e. The monoisotopic (exact) mass is 448 g/mol. The Morgan fingerprint density at radius 3 is 2.16 bits per heavy atom. The SMILES string of the molecule is C=C(C(C)CC(C)C)N(C)C(C(C)CC)C(CC(=C)N1CCCC1C(CC)C(C)C)OC. The van der Waals surface area contributed by atoms with Crippen molar-refractivity contribution in [1.29, 1.82) is 0 Å². The van der Waals surface area contributed by atoms with Crippen LogP contribution in [-0.2, 0) is 4.74 Å². The average molecular weight is 449 g/mol. The summed E-state index contributed by atoms with van der Waals surface area (Å²) in [6, 6.07) is 0.933. The van der Waals surface area contributed by atoms with Crippen LogP contribution < -0.4 is 0 Å². The van der Waals surface area contributed by atoms with E-state index >= 15 is 0 Å². The Bertz CT molecular complexity index is 570. The van der Waals surface area contributed by atoms with Gasteiger partial charge in [0.15, 0.2) is 0 Å². The van der Waals surface area contributed by atoms with Gasteiger partial charge in [0.2, 0.25) is 0 Å². The summed E-state index contributed by atoms with van der Waals surface area (Å²) in [6.45, 7) is 28.9. The zero-order chi connectivity index (χ0) is 24.6. The van der Waals surface area contributed by atoms with E-state index in [-0.39, 0.29) is 6.10 Å². The highest BCUT2D eigenvalue weighted by Crippen LogP contribution is 2.36. The minimum absolute atomic E-state index is 0.117. The molecule has 1 aliphatic heterocycles. The van der Waals surface area contributed by atoms with Gasteiger partial charge in [-0.2, -0.15) is 0 Å². The maximum atomic E-state index is 6.20. The molecule has 0 aromatic heterocycles. The van der Waals surface area contributed by atoms with Crippen LogP contribution in [0.5, 0.6) is 0 Å². The van der Waals surface area contributed by atoms with E-state index in [9.17, 15) is 0 Å². The first-order valence-corrected chi connectivity index (χ1v) is 13.4. The molecular weight excluding hydrogens is 392 g/mol. The highest BCUT2D eigenvalue weighted by molar-refractivity contribution is 5.08. The van der Waals surface area contributed by atoms with Gasteiger partial charge in [0.05, 0.1) is 12.1 Å². The van der Waals surface area contributed by atoms with Crippen LogP contribution in [0, 0.1) is 29.6 Å². The Labute approximate surface area is 201 Å². The van der Waals surface area contributed by atoms with E-state index in [0.717, 1.165) is 25.3 Å². The van der Waals surface area contributed by atoms with Crippen molar-refractivity contribution in [2.24, 2.45) is 29.6 Å². The normalized spacial score (nSPS) is 21.5. The van der Waals surface area contributed by atoms with Crippen molar-refractivity contribution in [2.75, 3.05) is 20.7 Å². The molecule has 0 aliphatic carbocycles. The lowest BCUT2D eigenvalue weighted by Gasteiger charge is -2.43. The third-order valence-electron chi connectivity index (χ3n) is 8.17. The van der Waals surface area contributed by atoms with Gasteiger partial charge in [-0.3, -0.25) is 0 Å². The van der Waals surface area contributed by atoms with E-state index in [0.29, 0.717) is 35.8 Å². The summed E-state index contributed by atoms with van der Waals surface area (Å²) in [5, 5.41) is 0. The lowest BCUT2D eigenvalue weighted by molar-refractivity contribution is 0.00339. The largest absolute Gasteiger partial charge is 0.379 e. The molecule has 3 nitrogen and oxygen atoms in total. The molecular formula is C29H56N2O. The van der Waals surface area contributed by atoms with Crippen molar-refractivity contribution in [3.63, 3.8) is 0 Å². The van der Waals surface area contributed by atoms with Crippen molar-refractivity contribution >= 4 is 0 Å². The number of hydrogen-bond acceptors (Lipinski definition) is 3. The predicted octanol–water partition coefficient (Wildman–Crippen LogP) is 7.59. The van der Waals surface area contributed by atoms with Gasteiger partial charge in [0.25, 0.3) is 0 Å². The maximum absolute atomic E-state index is 6.20. The molecule has 1 rings (SSSR count). The summed E-state index contributed by atoms with van der Waals surface area (Å²) in [7, 11) is 4.11. The third kappa shape index (κ3) is 7.54. The van der Waals surface area contributed by atoms with Gasteiger partial charge in [-0.05, 0) is 48.9 Å². The van der Waals surface area contributed by atoms with E-state index in [1.165, 1.54) is 37.1 Å². The standard InChI is InChI=1S/C29H56N2O/c1-13-22(7)29(30(11)25(10)23(8)18-20(3)4)28(32-12)19-24(9)31-17-15-16-27(31)26(14-2)21(5)6/h20-23,26-29H,9-10,13-19H2,1-8,11-12H3. The first-order chi connectivity index (χ1) is 15.0. The van der Waals surface area contributed by atoms with Gasteiger partial charge in [-0.25, -0.2) is 0 Å². The molecule has 0 aromatic rings. The van der Waals surface area contributed by atoms with Crippen molar-refractivity contribution < 1.29 is 4.74 Å². The number of rotatable bonds is 15. The quantitative estimate of drug-likeness (QED) is 0.256. The molecule has 6 unspecified atom stereocenters. The summed E-state index contributed by atoms with van der Waals surface area (Å²) in [5.74, 6) is 3.12. The number of allylic oxidation sites excluding steroid dienone is 1. The number of methoxy groups -OCH3 is 1. The summed E-state index contributed by atoms with van der Waals surface area (Å²) in [5.41, 5.74) is 2.50. The van der Waals surface area contributed by atoms with Crippen molar-refractivity contribution in [1.82, 2.24) is 9.80 Å². The van der Waals surface area contributed by atoms with Crippen LogP contribution >= 0.6 is 0 Å². The van der Waals surface area contributed by atoms with Gasteiger partial charge in [-0.1, -0.05) is 81.4 Å². The fourth-order valence-electron chi connectivity index (χ4n) is 6.13. The van der Waals surface area contributed by atoms with Crippen molar-refractivity contribution in [2.45, 2.75) is 112 Å². The minimum Gasteiger partial charge on any atom is -0.379 e. The fraction of sp³-hybridized carbons (Fsp3) is 0.862. The van der Waals surface area contributed by atoms with Crippen LogP contribution in [-0.4, -0.2) is 48.7 Å². The molecule has 3 heteroatoms. The molecule has 0 saturated carbocycles. The molecule has 0 radical (unpaired) electrons. The first kappa shape index (κ1) is 29.1. The molecule has 1 heterocycles. The molecule has 0 amide bonds. The molecule has 32 heavy (non-hydrogen) atoms. The zero-order valence-electron chi connectivity index (χ0n) is 23.3. The topological polar surface area (TPSA) is 15.7 Å². The van der Waals surface area contributed by atoms with Crippen LogP contribution in [0.1, 0.15) is 93.9 Å². The Hall–Kier alpha value is -0.960. The van der Waals surface area contributed by atoms with Crippen molar-refractivity contribution in [3.05, 3.63) is 24.6 Å². The van der Waals surface area contributed by atoms with E-state index in [1.54, 1.807) is 0 Å². The average Bonchev–Trinajstić information content (AvgIpc) is 3.21. The third-order valence-corrected chi connectivity index (χ3v) is 8.17. The second-order valence-corrected chi connectivity index (χ2v) is 11.3. The smallest absolute Gasteiger partial charge is 0.0830 e. The molecule has 1 fully saturated rings.